The lowest BCUT2D eigenvalue weighted by molar-refractivity contribution is -0.192. The van der Waals surface area contributed by atoms with Crippen molar-refractivity contribution in [2.75, 3.05) is 13.1 Å². The molecule has 0 aliphatic heterocycles. The predicted molar refractivity (Wildman–Crippen MR) is 60.2 cm³/mol. The van der Waals surface area contributed by atoms with E-state index in [4.69, 9.17) is 9.90 Å². The summed E-state index contributed by atoms with van der Waals surface area (Å²) in [6.45, 7) is 4.22. The van der Waals surface area contributed by atoms with Gasteiger partial charge in [0, 0.05) is 12.4 Å². The second-order valence-electron chi connectivity index (χ2n) is 3.26. The summed E-state index contributed by atoms with van der Waals surface area (Å²) in [5.41, 5.74) is 1.35. The number of likely N-dealkylation sites (N-methyl/N-ethyl adjacent to an activating group) is 1. The van der Waals surface area contributed by atoms with E-state index in [1.54, 1.807) is 0 Å². The number of hydrogen-bond donors (Lipinski definition) is 2. The van der Waals surface area contributed by atoms with Gasteiger partial charge in [0.2, 0.25) is 0 Å². The molecule has 0 bridgehead atoms. The molecule has 0 unspecified atom stereocenters. The molecule has 18 heavy (non-hydrogen) atoms. The minimum absolute atomic E-state index is 1.05. The number of carboxylic acid groups (broad SMARTS) is 1. The summed E-state index contributed by atoms with van der Waals surface area (Å²) in [6, 6.07) is 4.11. The number of hydrogen-bond acceptors (Lipinski definition) is 3. The number of nitrogens with one attached hydrogen (secondary N) is 1. The predicted octanol–water partition coefficient (Wildman–Crippen LogP) is 1.87. The molecule has 0 saturated carbocycles. The average Bonchev–Trinajstić information content (AvgIpc) is 2.30. The number of aliphatic carboxylic acids is 1. The zero-order valence-corrected chi connectivity index (χ0v) is 9.87. The number of nitrogens with zero attached hydrogens (tertiary/aromatic N) is 1. The molecule has 4 nitrogen and oxygen atoms in total. The first-order valence-electron chi connectivity index (χ1n) is 5.27. The summed E-state index contributed by atoms with van der Waals surface area (Å²) in [6.07, 6.45) is -0.321. The molecule has 0 radical (unpaired) electrons. The van der Waals surface area contributed by atoms with Crippen LogP contribution in [0.15, 0.2) is 24.5 Å². The number of pyridine rings is 1. The van der Waals surface area contributed by atoms with Crippen LogP contribution >= 0.6 is 0 Å². The Bertz CT molecular complexity index is 342. The normalized spacial score (nSPS) is 10.4. The molecule has 1 aromatic heterocycles. The molecule has 0 aromatic carbocycles. The standard InChI is InChI=1S/C9H14N2.C2HF3O2/c1-2-10-6-3-9-4-7-11-8-5-9;3-2(4,5)1(6)7/h4-5,7-8,10H,2-3,6H2,1H3;(H,6,7). The van der Waals surface area contributed by atoms with Crippen molar-refractivity contribution >= 4 is 5.97 Å². The summed E-state index contributed by atoms with van der Waals surface area (Å²) in [4.78, 5) is 12.8. The third kappa shape index (κ3) is 8.51. The highest BCUT2D eigenvalue weighted by Gasteiger charge is 2.38. The molecule has 7 heteroatoms. The van der Waals surface area contributed by atoms with Crippen LogP contribution in [0.4, 0.5) is 13.2 Å². The van der Waals surface area contributed by atoms with Crippen molar-refractivity contribution < 1.29 is 23.1 Å². The van der Waals surface area contributed by atoms with Crippen LogP contribution in [0.3, 0.4) is 0 Å². The molecule has 0 aliphatic carbocycles. The van der Waals surface area contributed by atoms with E-state index in [2.05, 4.69) is 29.4 Å². The van der Waals surface area contributed by atoms with Crippen molar-refractivity contribution in [2.24, 2.45) is 0 Å². The average molecular weight is 264 g/mol. The Hall–Kier alpha value is -1.63. The van der Waals surface area contributed by atoms with Crippen molar-refractivity contribution in [2.45, 2.75) is 19.5 Å². The van der Waals surface area contributed by atoms with Crippen LogP contribution in [0.5, 0.6) is 0 Å². The fraction of sp³-hybridized carbons (Fsp3) is 0.455. The van der Waals surface area contributed by atoms with Gasteiger partial charge in [-0.3, -0.25) is 4.98 Å². The van der Waals surface area contributed by atoms with Crippen LogP contribution in [-0.4, -0.2) is 35.3 Å². The Kier molecular flexibility index (Phi) is 7.69. The van der Waals surface area contributed by atoms with Crippen LogP contribution in [0.25, 0.3) is 0 Å². The Morgan fingerprint density at radius 1 is 1.39 bits per heavy atom. The molecular weight excluding hydrogens is 249 g/mol. The molecule has 0 spiro atoms. The second-order valence-corrected chi connectivity index (χ2v) is 3.26. The number of aromatic nitrogens is 1. The highest BCUT2D eigenvalue weighted by molar-refractivity contribution is 5.73. The van der Waals surface area contributed by atoms with E-state index < -0.39 is 12.1 Å². The molecule has 1 rings (SSSR count). The molecule has 1 aromatic rings. The van der Waals surface area contributed by atoms with E-state index in [1.807, 2.05) is 12.4 Å². The second kappa shape index (κ2) is 8.46. The SMILES string of the molecule is CCNCCc1ccncc1.O=C(O)C(F)(F)F. The van der Waals surface area contributed by atoms with Gasteiger partial charge >= 0.3 is 12.1 Å². The van der Waals surface area contributed by atoms with E-state index in [9.17, 15) is 13.2 Å². The first-order valence-corrected chi connectivity index (χ1v) is 5.27. The maximum Gasteiger partial charge on any atom is 0.490 e. The molecule has 0 amide bonds. The maximum atomic E-state index is 10.6. The quantitative estimate of drug-likeness (QED) is 0.815. The highest BCUT2D eigenvalue weighted by atomic mass is 19.4. The fourth-order valence-corrected chi connectivity index (χ4v) is 0.959. The van der Waals surface area contributed by atoms with E-state index in [0.29, 0.717) is 0 Å². The Morgan fingerprint density at radius 2 is 1.89 bits per heavy atom. The van der Waals surface area contributed by atoms with Crippen LogP contribution in [0.2, 0.25) is 0 Å². The zero-order valence-electron chi connectivity index (χ0n) is 9.87. The van der Waals surface area contributed by atoms with Gasteiger partial charge in [-0.2, -0.15) is 13.2 Å². The van der Waals surface area contributed by atoms with Crippen molar-refractivity contribution in [3.8, 4) is 0 Å². The third-order valence-corrected chi connectivity index (χ3v) is 1.83. The molecule has 102 valence electrons. The van der Waals surface area contributed by atoms with Crippen molar-refractivity contribution in [3.05, 3.63) is 30.1 Å². The van der Waals surface area contributed by atoms with E-state index in [1.165, 1.54) is 5.56 Å². The summed E-state index contributed by atoms with van der Waals surface area (Å²) in [5, 5.41) is 10.4. The van der Waals surface area contributed by atoms with Gasteiger partial charge in [-0.1, -0.05) is 6.92 Å². The van der Waals surface area contributed by atoms with Crippen LogP contribution in [-0.2, 0) is 11.2 Å². The lowest BCUT2D eigenvalue weighted by atomic mass is 10.2. The smallest absolute Gasteiger partial charge is 0.475 e. The topological polar surface area (TPSA) is 62.2 Å². The van der Waals surface area contributed by atoms with Gasteiger partial charge in [-0.15, -0.1) is 0 Å². The molecule has 1 heterocycles. The summed E-state index contributed by atoms with van der Waals surface area (Å²) in [7, 11) is 0. The minimum Gasteiger partial charge on any atom is -0.475 e. The minimum atomic E-state index is -5.08. The third-order valence-electron chi connectivity index (χ3n) is 1.83. The van der Waals surface area contributed by atoms with Crippen molar-refractivity contribution in [3.63, 3.8) is 0 Å². The first kappa shape index (κ1) is 16.4. The molecule has 0 atom stereocenters. The first-order chi connectivity index (χ1) is 8.38. The monoisotopic (exact) mass is 264 g/mol. The number of carbonyl (C=O) groups is 1. The van der Waals surface area contributed by atoms with Crippen molar-refractivity contribution in [1.82, 2.24) is 10.3 Å². The Balaban J connectivity index is 0.000000360. The molecule has 0 fully saturated rings. The summed E-state index contributed by atoms with van der Waals surface area (Å²) < 4.78 is 31.7. The molecular formula is C11H15F3N2O2. The van der Waals surface area contributed by atoms with Gasteiger partial charge in [0.25, 0.3) is 0 Å². The zero-order chi connectivity index (χ0) is 14.0. The fourth-order valence-electron chi connectivity index (χ4n) is 0.959. The summed E-state index contributed by atoms with van der Waals surface area (Å²) in [5.74, 6) is -2.76. The van der Waals surface area contributed by atoms with Crippen LogP contribution < -0.4 is 5.32 Å². The van der Waals surface area contributed by atoms with Gasteiger partial charge in [0.05, 0.1) is 0 Å². The molecule has 0 aliphatic rings. The van der Waals surface area contributed by atoms with Gasteiger partial charge in [-0.05, 0) is 37.2 Å². The molecule has 2 N–H and O–H groups in total. The largest absolute Gasteiger partial charge is 0.490 e. The van der Waals surface area contributed by atoms with Gasteiger partial charge in [0.1, 0.15) is 0 Å². The Morgan fingerprint density at radius 3 is 2.28 bits per heavy atom. The Labute approximate surface area is 103 Å². The van der Waals surface area contributed by atoms with E-state index >= 15 is 0 Å². The van der Waals surface area contributed by atoms with E-state index in [0.717, 1.165) is 19.5 Å². The highest BCUT2D eigenvalue weighted by Crippen LogP contribution is 2.13. The lowest BCUT2D eigenvalue weighted by Crippen LogP contribution is -2.21. The number of halogens is 3. The van der Waals surface area contributed by atoms with E-state index in [-0.39, 0.29) is 0 Å². The lowest BCUT2D eigenvalue weighted by Gasteiger charge is -2.00. The van der Waals surface area contributed by atoms with Crippen LogP contribution in [0, 0.1) is 0 Å². The van der Waals surface area contributed by atoms with Gasteiger partial charge in [0.15, 0.2) is 0 Å². The molecule has 0 saturated heterocycles. The number of rotatable bonds is 4. The van der Waals surface area contributed by atoms with Gasteiger partial charge in [-0.25, -0.2) is 4.79 Å². The van der Waals surface area contributed by atoms with Crippen LogP contribution in [0.1, 0.15) is 12.5 Å². The maximum absolute atomic E-state index is 10.6. The number of carboxylic acids is 1. The van der Waals surface area contributed by atoms with Gasteiger partial charge < -0.3 is 10.4 Å². The summed E-state index contributed by atoms with van der Waals surface area (Å²) >= 11 is 0. The van der Waals surface area contributed by atoms with Crippen molar-refractivity contribution in [1.29, 1.82) is 0 Å². The number of alkyl halides is 3.